The number of hydrogen-bond donors (Lipinski definition) is 1. The molecule has 0 aromatic carbocycles. The Morgan fingerprint density at radius 1 is 1.38 bits per heavy atom. The lowest BCUT2D eigenvalue weighted by Crippen LogP contribution is -2.39. The van der Waals surface area contributed by atoms with E-state index in [2.05, 4.69) is 45.1 Å². The Kier molecular flexibility index (Phi) is 4.41. The van der Waals surface area contributed by atoms with Gasteiger partial charge in [0.2, 0.25) is 5.91 Å². The third-order valence-corrected chi connectivity index (χ3v) is 5.84. The van der Waals surface area contributed by atoms with Gasteiger partial charge in [-0.25, -0.2) is 0 Å². The summed E-state index contributed by atoms with van der Waals surface area (Å²) in [5.74, 6) is 0.521. The van der Waals surface area contributed by atoms with Crippen LogP contribution in [0.5, 0.6) is 0 Å². The molecular weight excluding hydrogens is 320 g/mol. The van der Waals surface area contributed by atoms with E-state index < -0.39 is 0 Å². The van der Waals surface area contributed by atoms with Gasteiger partial charge in [-0.15, -0.1) is 11.3 Å². The van der Waals surface area contributed by atoms with Crippen molar-refractivity contribution < 1.29 is 4.79 Å². The molecule has 1 aliphatic carbocycles. The van der Waals surface area contributed by atoms with Gasteiger partial charge in [0, 0.05) is 48.0 Å². The van der Waals surface area contributed by atoms with E-state index >= 15 is 0 Å². The first-order valence-electron chi connectivity index (χ1n) is 8.77. The number of aryl methyl sites for hydroxylation is 1. The van der Waals surface area contributed by atoms with E-state index in [9.17, 15) is 4.79 Å². The summed E-state index contributed by atoms with van der Waals surface area (Å²) in [6.07, 6.45) is 4.95. The van der Waals surface area contributed by atoms with Crippen LogP contribution in [0, 0.1) is 12.8 Å². The van der Waals surface area contributed by atoms with Crippen LogP contribution >= 0.6 is 11.3 Å². The van der Waals surface area contributed by atoms with Crippen LogP contribution in [0.25, 0.3) is 0 Å². The molecule has 0 bridgehead atoms. The van der Waals surface area contributed by atoms with E-state index in [-0.39, 0.29) is 11.8 Å². The first-order valence-corrected chi connectivity index (χ1v) is 9.58. The molecule has 3 heterocycles. The minimum atomic E-state index is 0.234. The van der Waals surface area contributed by atoms with Crippen LogP contribution in [0.3, 0.4) is 0 Å². The molecule has 6 heteroatoms. The van der Waals surface area contributed by atoms with Gasteiger partial charge in [0.15, 0.2) is 0 Å². The molecule has 1 N–H and O–H groups in total. The lowest BCUT2D eigenvalue weighted by atomic mass is 10.1. The number of amides is 1. The summed E-state index contributed by atoms with van der Waals surface area (Å²) in [5.41, 5.74) is 1.27. The summed E-state index contributed by atoms with van der Waals surface area (Å²) in [4.78, 5) is 17.1. The van der Waals surface area contributed by atoms with Crippen molar-refractivity contribution in [1.82, 2.24) is 20.0 Å². The van der Waals surface area contributed by atoms with Gasteiger partial charge in [0.25, 0.3) is 0 Å². The number of carbonyl (C=O) groups is 1. The van der Waals surface area contributed by atoms with Crippen molar-refractivity contribution in [3.8, 4) is 0 Å². The molecule has 1 saturated carbocycles. The maximum absolute atomic E-state index is 11.8. The zero-order valence-corrected chi connectivity index (χ0v) is 14.9. The molecule has 0 radical (unpaired) electrons. The number of carbonyl (C=O) groups excluding carboxylic acids is 1. The van der Waals surface area contributed by atoms with E-state index in [0.29, 0.717) is 6.04 Å². The van der Waals surface area contributed by atoms with Gasteiger partial charge in [-0.05, 0) is 44.4 Å². The van der Waals surface area contributed by atoms with Crippen LogP contribution in [-0.2, 0) is 17.9 Å². The average Bonchev–Trinajstić information content (AvgIpc) is 3.18. The molecule has 1 aliphatic heterocycles. The predicted molar refractivity (Wildman–Crippen MR) is 94.8 cm³/mol. The average molecular weight is 344 g/mol. The zero-order valence-electron chi connectivity index (χ0n) is 14.1. The second-order valence-corrected chi connectivity index (χ2v) is 8.33. The molecular formula is C18H24N4OS. The fraction of sp³-hybridized carbons (Fsp3) is 0.556. The normalized spacial score (nSPS) is 20.8. The second kappa shape index (κ2) is 6.69. The Balaban J connectivity index is 1.38. The number of thiophene rings is 1. The summed E-state index contributed by atoms with van der Waals surface area (Å²) in [6.45, 7) is 5.83. The Hall–Kier alpha value is -1.66. The fourth-order valence-corrected chi connectivity index (χ4v) is 4.37. The third-order valence-electron chi connectivity index (χ3n) is 4.85. The number of fused-ring (bicyclic) bond motifs is 1. The molecule has 1 atom stereocenters. The maximum atomic E-state index is 11.8. The van der Waals surface area contributed by atoms with Crippen molar-refractivity contribution >= 4 is 17.2 Å². The molecule has 128 valence electrons. The molecule has 5 nitrogen and oxygen atoms in total. The van der Waals surface area contributed by atoms with Crippen molar-refractivity contribution in [2.45, 2.75) is 45.3 Å². The van der Waals surface area contributed by atoms with Crippen molar-refractivity contribution in [2.75, 3.05) is 13.1 Å². The van der Waals surface area contributed by atoms with E-state index in [1.165, 1.54) is 15.4 Å². The molecule has 1 fully saturated rings. The van der Waals surface area contributed by atoms with Crippen LogP contribution in [0.15, 0.2) is 24.4 Å². The maximum Gasteiger partial charge on any atom is 0.223 e. The Morgan fingerprint density at radius 3 is 3.00 bits per heavy atom. The highest BCUT2D eigenvalue weighted by molar-refractivity contribution is 7.11. The Bertz CT molecular complexity index is 718. The highest BCUT2D eigenvalue weighted by Gasteiger charge is 2.30. The number of rotatable bonds is 6. The molecule has 0 saturated heterocycles. The molecule has 2 aliphatic rings. The smallest absolute Gasteiger partial charge is 0.223 e. The van der Waals surface area contributed by atoms with Gasteiger partial charge < -0.3 is 5.32 Å². The van der Waals surface area contributed by atoms with Crippen LogP contribution in [-0.4, -0.2) is 33.7 Å². The summed E-state index contributed by atoms with van der Waals surface area (Å²) >= 11 is 1.88. The molecule has 2 aromatic rings. The second-order valence-electron chi connectivity index (χ2n) is 6.96. The molecule has 24 heavy (non-hydrogen) atoms. The molecule has 4 rings (SSSR count). The summed E-state index contributed by atoms with van der Waals surface area (Å²) in [6, 6.07) is 6.88. The van der Waals surface area contributed by atoms with Gasteiger partial charge in [-0.1, -0.05) is 0 Å². The van der Waals surface area contributed by atoms with Crippen molar-refractivity contribution in [3.05, 3.63) is 39.8 Å². The standard InChI is InChI=1S/C18H24N4OS/c1-13-2-5-17(24-13)12-21-10-15(22-16(11-21)7-9-20-22)6-8-19-18(23)14-3-4-14/h2,5,7,9,14-15H,3-4,6,8,10-12H2,1H3,(H,19,23)/t15-/m0/s1. The zero-order chi connectivity index (χ0) is 16.5. The lowest BCUT2D eigenvalue weighted by Gasteiger charge is -2.33. The predicted octanol–water partition coefficient (Wildman–Crippen LogP) is 2.73. The Labute approximate surface area is 146 Å². The summed E-state index contributed by atoms with van der Waals surface area (Å²) < 4.78 is 2.15. The van der Waals surface area contributed by atoms with Crippen LogP contribution in [0.1, 0.15) is 40.8 Å². The van der Waals surface area contributed by atoms with Crippen molar-refractivity contribution in [1.29, 1.82) is 0 Å². The van der Waals surface area contributed by atoms with E-state index in [0.717, 1.165) is 45.4 Å². The first kappa shape index (κ1) is 15.8. The third kappa shape index (κ3) is 3.54. The SMILES string of the molecule is Cc1ccc(CN2Cc3ccnn3[C@@H](CCNC(=O)C3CC3)C2)s1. The largest absolute Gasteiger partial charge is 0.356 e. The fourth-order valence-electron chi connectivity index (χ4n) is 3.44. The van der Waals surface area contributed by atoms with Gasteiger partial charge in [-0.3, -0.25) is 14.4 Å². The quantitative estimate of drug-likeness (QED) is 0.877. The van der Waals surface area contributed by atoms with Gasteiger partial charge in [0.1, 0.15) is 0 Å². The van der Waals surface area contributed by atoms with Gasteiger partial charge >= 0.3 is 0 Å². The van der Waals surface area contributed by atoms with Gasteiger partial charge in [-0.2, -0.15) is 5.10 Å². The van der Waals surface area contributed by atoms with E-state index in [1.54, 1.807) is 0 Å². The lowest BCUT2D eigenvalue weighted by molar-refractivity contribution is -0.122. The number of nitrogens with zero attached hydrogens (tertiary/aromatic N) is 3. The van der Waals surface area contributed by atoms with Gasteiger partial charge in [0.05, 0.1) is 11.7 Å². The number of hydrogen-bond acceptors (Lipinski definition) is 4. The topological polar surface area (TPSA) is 50.2 Å². The highest BCUT2D eigenvalue weighted by atomic mass is 32.1. The first-order chi connectivity index (χ1) is 11.7. The van der Waals surface area contributed by atoms with Crippen molar-refractivity contribution in [3.63, 3.8) is 0 Å². The summed E-state index contributed by atoms with van der Waals surface area (Å²) in [5, 5.41) is 7.60. The minimum Gasteiger partial charge on any atom is -0.356 e. The molecule has 0 unspecified atom stereocenters. The van der Waals surface area contributed by atoms with Crippen LogP contribution in [0.4, 0.5) is 0 Å². The van der Waals surface area contributed by atoms with E-state index in [1.807, 2.05) is 17.5 Å². The Morgan fingerprint density at radius 2 is 2.25 bits per heavy atom. The molecule has 0 spiro atoms. The van der Waals surface area contributed by atoms with E-state index in [4.69, 9.17) is 0 Å². The molecule has 1 amide bonds. The van der Waals surface area contributed by atoms with Crippen molar-refractivity contribution in [2.24, 2.45) is 5.92 Å². The monoisotopic (exact) mass is 344 g/mol. The summed E-state index contributed by atoms with van der Waals surface area (Å²) in [7, 11) is 0. The molecule has 2 aromatic heterocycles. The van der Waals surface area contributed by atoms with Crippen LogP contribution < -0.4 is 5.32 Å². The number of nitrogens with one attached hydrogen (secondary N) is 1. The minimum absolute atomic E-state index is 0.234. The van der Waals surface area contributed by atoms with Crippen LogP contribution in [0.2, 0.25) is 0 Å². The highest BCUT2D eigenvalue weighted by Crippen LogP contribution is 2.29. The number of aromatic nitrogens is 2.